The van der Waals surface area contributed by atoms with E-state index in [1.165, 1.54) is 29.2 Å². The fourth-order valence-corrected chi connectivity index (χ4v) is 5.59. The number of aromatic nitrogens is 3. The summed E-state index contributed by atoms with van der Waals surface area (Å²) in [4.78, 5) is 14.2. The lowest BCUT2D eigenvalue weighted by molar-refractivity contribution is 0.415. The molecule has 0 unspecified atom stereocenters. The van der Waals surface area contributed by atoms with E-state index in [0.29, 0.717) is 17.7 Å². The van der Waals surface area contributed by atoms with Crippen LogP contribution < -0.4 is 20.7 Å². The van der Waals surface area contributed by atoms with E-state index in [1.54, 1.807) is 13.3 Å². The number of halogens is 1. The summed E-state index contributed by atoms with van der Waals surface area (Å²) in [6.45, 7) is 6.59. The third-order valence-corrected chi connectivity index (χ3v) is 7.95. The Morgan fingerprint density at radius 3 is 2.56 bits per heavy atom. The maximum atomic E-state index is 5.36. The van der Waals surface area contributed by atoms with Crippen LogP contribution in [-0.4, -0.2) is 35.4 Å². The van der Waals surface area contributed by atoms with Crippen LogP contribution in [0.1, 0.15) is 30.0 Å². The standard InChI is InChI=1S/C26H27BrN5OP/c1-15-5-8-17(33-2)13-23(15)31-26-28-14-19(27)25(32-26)30-22-12-11-21-18(24(22)34(3)4)9-10-20(29-21)16-6-7-16/h5,8-14,16H,6-7H2,1-4H3,(H2,28,30,31,32). The Morgan fingerprint density at radius 2 is 1.82 bits per heavy atom. The van der Waals surface area contributed by atoms with Gasteiger partial charge in [-0.3, -0.25) is 4.98 Å². The zero-order valence-corrected chi connectivity index (χ0v) is 22.2. The highest BCUT2D eigenvalue weighted by Crippen LogP contribution is 2.41. The summed E-state index contributed by atoms with van der Waals surface area (Å²) in [6, 6.07) is 14.6. The van der Waals surface area contributed by atoms with E-state index in [4.69, 9.17) is 14.7 Å². The highest BCUT2D eigenvalue weighted by Gasteiger charge is 2.25. The van der Waals surface area contributed by atoms with Crippen molar-refractivity contribution in [2.45, 2.75) is 25.7 Å². The van der Waals surface area contributed by atoms with Crippen LogP contribution in [0.2, 0.25) is 0 Å². The first-order chi connectivity index (χ1) is 16.4. The van der Waals surface area contributed by atoms with Crippen molar-refractivity contribution in [2.75, 3.05) is 31.1 Å². The minimum absolute atomic E-state index is 0.379. The second kappa shape index (κ2) is 9.47. The molecule has 34 heavy (non-hydrogen) atoms. The van der Waals surface area contributed by atoms with Gasteiger partial charge in [-0.25, -0.2) is 4.98 Å². The second-order valence-corrected chi connectivity index (χ2v) is 11.8. The summed E-state index contributed by atoms with van der Waals surface area (Å²) in [5.74, 6) is 2.64. The molecule has 0 saturated heterocycles. The molecule has 0 spiro atoms. The third-order valence-electron chi connectivity index (χ3n) is 6.00. The van der Waals surface area contributed by atoms with Crippen LogP contribution in [0, 0.1) is 6.92 Å². The molecule has 0 bridgehead atoms. The van der Waals surface area contributed by atoms with E-state index >= 15 is 0 Å². The number of ether oxygens (including phenoxy) is 1. The Morgan fingerprint density at radius 1 is 1.00 bits per heavy atom. The highest BCUT2D eigenvalue weighted by atomic mass is 79.9. The van der Waals surface area contributed by atoms with Crippen LogP contribution in [0.25, 0.3) is 10.9 Å². The van der Waals surface area contributed by atoms with Crippen LogP contribution in [0.3, 0.4) is 0 Å². The maximum Gasteiger partial charge on any atom is 0.229 e. The Kier molecular flexibility index (Phi) is 6.41. The molecule has 1 saturated carbocycles. The molecule has 2 aromatic carbocycles. The first kappa shape index (κ1) is 23.0. The number of anilines is 4. The molecule has 2 aromatic heterocycles. The van der Waals surface area contributed by atoms with Crippen molar-refractivity contribution in [1.29, 1.82) is 0 Å². The molecule has 8 heteroatoms. The fourth-order valence-electron chi connectivity index (χ4n) is 4.02. The van der Waals surface area contributed by atoms with Gasteiger partial charge in [-0.1, -0.05) is 20.1 Å². The molecule has 0 atom stereocenters. The van der Waals surface area contributed by atoms with Crippen molar-refractivity contribution in [3.05, 3.63) is 64.4 Å². The summed E-state index contributed by atoms with van der Waals surface area (Å²) < 4.78 is 6.16. The number of rotatable bonds is 7. The molecular weight excluding hydrogens is 509 g/mol. The predicted molar refractivity (Wildman–Crippen MR) is 146 cm³/mol. The molecule has 0 amide bonds. The summed E-state index contributed by atoms with van der Waals surface area (Å²) in [5.41, 5.74) is 5.32. The minimum Gasteiger partial charge on any atom is -0.497 e. The molecule has 2 N–H and O–H groups in total. The van der Waals surface area contributed by atoms with Crippen LogP contribution in [0.15, 0.2) is 53.1 Å². The summed E-state index contributed by atoms with van der Waals surface area (Å²) in [5, 5.41) is 9.38. The van der Waals surface area contributed by atoms with Crippen molar-refractivity contribution in [3.8, 4) is 5.75 Å². The molecule has 1 fully saturated rings. The normalized spacial score (nSPS) is 13.4. The fraction of sp³-hybridized carbons (Fsp3) is 0.269. The van der Waals surface area contributed by atoms with Gasteiger partial charge < -0.3 is 15.4 Å². The van der Waals surface area contributed by atoms with Gasteiger partial charge in [0.05, 0.1) is 17.1 Å². The Balaban J connectivity index is 1.48. The van der Waals surface area contributed by atoms with Gasteiger partial charge in [-0.15, -0.1) is 0 Å². The topological polar surface area (TPSA) is 72.0 Å². The lowest BCUT2D eigenvalue weighted by atomic mass is 10.1. The van der Waals surface area contributed by atoms with Gasteiger partial charge in [0.1, 0.15) is 11.6 Å². The van der Waals surface area contributed by atoms with Crippen LogP contribution >= 0.6 is 23.9 Å². The van der Waals surface area contributed by atoms with Crippen LogP contribution in [0.4, 0.5) is 23.1 Å². The van der Waals surface area contributed by atoms with Crippen molar-refractivity contribution in [2.24, 2.45) is 0 Å². The van der Waals surface area contributed by atoms with Crippen LogP contribution in [0.5, 0.6) is 5.75 Å². The number of methoxy groups -OCH3 is 1. The van der Waals surface area contributed by atoms with E-state index in [0.717, 1.165) is 32.7 Å². The lowest BCUT2D eigenvalue weighted by Gasteiger charge is -2.18. The Bertz CT molecular complexity index is 1370. The molecule has 0 radical (unpaired) electrons. The van der Waals surface area contributed by atoms with Gasteiger partial charge in [-0.2, -0.15) is 4.98 Å². The summed E-state index contributed by atoms with van der Waals surface area (Å²) >= 11 is 3.61. The van der Waals surface area contributed by atoms with Crippen molar-refractivity contribution < 1.29 is 4.74 Å². The average Bonchev–Trinajstić information content (AvgIpc) is 3.67. The molecule has 1 aliphatic carbocycles. The minimum atomic E-state index is -0.379. The van der Waals surface area contributed by atoms with E-state index in [1.807, 2.05) is 25.1 Å². The summed E-state index contributed by atoms with van der Waals surface area (Å²) in [7, 11) is 1.28. The zero-order valence-electron chi connectivity index (χ0n) is 19.7. The number of nitrogens with zero attached hydrogens (tertiary/aromatic N) is 3. The van der Waals surface area contributed by atoms with Gasteiger partial charge in [0.15, 0.2) is 0 Å². The molecule has 1 aliphatic rings. The van der Waals surface area contributed by atoms with Gasteiger partial charge >= 0.3 is 0 Å². The highest BCUT2D eigenvalue weighted by molar-refractivity contribution is 9.10. The largest absolute Gasteiger partial charge is 0.497 e. The smallest absolute Gasteiger partial charge is 0.229 e. The lowest BCUT2D eigenvalue weighted by Crippen LogP contribution is -2.11. The van der Waals surface area contributed by atoms with E-state index < -0.39 is 0 Å². The van der Waals surface area contributed by atoms with Gasteiger partial charge in [-0.05, 0) is 78.9 Å². The summed E-state index contributed by atoms with van der Waals surface area (Å²) in [6.07, 6.45) is 4.28. The number of nitrogens with one attached hydrogen (secondary N) is 2. The number of fused-ring (bicyclic) bond motifs is 1. The van der Waals surface area contributed by atoms with Crippen molar-refractivity contribution in [3.63, 3.8) is 0 Å². The third kappa shape index (κ3) is 4.73. The maximum absolute atomic E-state index is 5.36. The Hall–Kier alpha value is -2.76. The first-order valence-corrected chi connectivity index (χ1v) is 14.3. The number of aryl methyl sites for hydroxylation is 1. The van der Waals surface area contributed by atoms with Gasteiger partial charge in [0.25, 0.3) is 0 Å². The van der Waals surface area contributed by atoms with Crippen LogP contribution in [-0.2, 0) is 0 Å². The first-order valence-electron chi connectivity index (χ1n) is 11.2. The van der Waals surface area contributed by atoms with Crippen molar-refractivity contribution in [1.82, 2.24) is 15.0 Å². The molecule has 6 nitrogen and oxygen atoms in total. The molecule has 0 aliphatic heterocycles. The molecule has 5 rings (SSSR count). The number of benzene rings is 2. The monoisotopic (exact) mass is 535 g/mol. The number of hydrogen-bond acceptors (Lipinski definition) is 6. The van der Waals surface area contributed by atoms with Crippen molar-refractivity contribution >= 4 is 63.2 Å². The quantitative estimate of drug-likeness (QED) is 0.252. The Labute approximate surface area is 209 Å². The van der Waals surface area contributed by atoms with E-state index in [9.17, 15) is 0 Å². The SMILES string of the molecule is COc1ccc(C)c(Nc2ncc(Br)c(Nc3ccc4nc(C5CC5)ccc4c3P(C)C)n2)c1. The van der Waals surface area contributed by atoms with Gasteiger partial charge in [0.2, 0.25) is 5.95 Å². The molecule has 174 valence electrons. The molecule has 2 heterocycles. The molecule has 4 aromatic rings. The number of hydrogen-bond donors (Lipinski definition) is 2. The van der Waals surface area contributed by atoms with E-state index in [2.05, 4.69) is 69.1 Å². The number of pyridine rings is 1. The zero-order chi connectivity index (χ0) is 23.8. The second-order valence-electron chi connectivity index (χ2n) is 8.75. The van der Waals surface area contributed by atoms with Gasteiger partial charge in [0, 0.05) is 45.9 Å². The predicted octanol–water partition coefficient (Wildman–Crippen LogP) is 6.84. The van der Waals surface area contributed by atoms with E-state index in [-0.39, 0.29) is 7.92 Å². The molecular formula is C26H27BrN5OP. The average molecular weight is 536 g/mol.